The first-order valence-electron chi connectivity index (χ1n) is 7.96. The van der Waals surface area contributed by atoms with Gasteiger partial charge in [0.25, 0.3) is 0 Å². The molecule has 0 saturated carbocycles. The van der Waals surface area contributed by atoms with Crippen LogP contribution in [-0.4, -0.2) is 25.6 Å². The molecular weight excluding hydrogens is 288 g/mol. The Labute approximate surface area is 138 Å². The van der Waals surface area contributed by atoms with E-state index >= 15 is 0 Å². The lowest BCUT2D eigenvalue weighted by Gasteiger charge is -2.23. The quantitative estimate of drug-likeness (QED) is 0.844. The third kappa shape index (κ3) is 5.02. The molecule has 0 aliphatic rings. The molecule has 0 atom stereocenters. The van der Waals surface area contributed by atoms with Crippen LogP contribution in [0.1, 0.15) is 19.4 Å². The van der Waals surface area contributed by atoms with Crippen LogP contribution in [0.2, 0.25) is 0 Å². The zero-order chi connectivity index (χ0) is 16.7. The standard InChI is InChI=1S/C19H24N2O2/c1-4-21(17-8-6-7-15(3)13-17)14-19(22)20-16-9-11-18(12-10-16)23-5-2/h6-13H,4-5,14H2,1-3H3,(H,20,22). The number of benzene rings is 2. The van der Waals surface area contributed by atoms with Crippen molar-refractivity contribution in [3.8, 4) is 5.75 Å². The van der Waals surface area contributed by atoms with Crippen molar-refractivity contribution in [2.24, 2.45) is 0 Å². The number of rotatable bonds is 7. The maximum absolute atomic E-state index is 12.3. The summed E-state index contributed by atoms with van der Waals surface area (Å²) in [4.78, 5) is 14.3. The van der Waals surface area contributed by atoms with Crippen LogP contribution in [0.25, 0.3) is 0 Å². The van der Waals surface area contributed by atoms with E-state index in [1.54, 1.807) is 0 Å². The summed E-state index contributed by atoms with van der Waals surface area (Å²) in [6.07, 6.45) is 0. The predicted molar refractivity (Wildman–Crippen MR) is 95.3 cm³/mol. The number of amides is 1. The van der Waals surface area contributed by atoms with E-state index in [2.05, 4.69) is 29.3 Å². The Bertz CT molecular complexity index is 638. The van der Waals surface area contributed by atoms with Gasteiger partial charge in [-0.3, -0.25) is 4.79 Å². The fraction of sp³-hybridized carbons (Fsp3) is 0.316. The lowest BCUT2D eigenvalue weighted by atomic mass is 10.2. The molecule has 0 bridgehead atoms. The highest BCUT2D eigenvalue weighted by Crippen LogP contribution is 2.17. The van der Waals surface area contributed by atoms with Crippen molar-refractivity contribution < 1.29 is 9.53 Å². The Morgan fingerprint density at radius 1 is 1.13 bits per heavy atom. The summed E-state index contributed by atoms with van der Waals surface area (Å²) in [6.45, 7) is 7.78. The van der Waals surface area contributed by atoms with Crippen molar-refractivity contribution in [3.63, 3.8) is 0 Å². The molecule has 0 saturated heterocycles. The number of nitrogens with one attached hydrogen (secondary N) is 1. The van der Waals surface area contributed by atoms with E-state index < -0.39 is 0 Å². The van der Waals surface area contributed by atoms with E-state index in [1.165, 1.54) is 5.56 Å². The monoisotopic (exact) mass is 312 g/mol. The molecule has 0 fully saturated rings. The van der Waals surface area contributed by atoms with Gasteiger partial charge in [0.2, 0.25) is 5.91 Å². The molecule has 0 radical (unpaired) electrons. The molecule has 0 unspecified atom stereocenters. The molecule has 1 N–H and O–H groups in total. The largest absolute Gasteiger partial charge is 0.494 e. The second-order valence-corrected chi connectivity index (χ2v) is 5.36. The minimum Gasteiger partial charge on any atom is -0.494 e. The highest BCUT2D eigenvalue weighted by molar-refractivity contribution is 5.94. The molecule has 0 spiro atoms. The van der Waals surface area contributed by atoms with E-state index in [0.29, 0.717) is 13.2 Å². The Morgan fingerprint density at radius 3 is 2.48 bits per heavy atom. The number of aryl methyl sites for hydroxylation is 1. The number of carbonyl (C=O) groups excluding carboxylic acids is 1. The molecule has 1 amide bonds. The van der Waals surface area contributed by atoms with Gasteiger partial charge in [-0.15, -0.1) is 0 Å². The highest BCUT2D eigenvalue weighted by atomic mass is 16.5. The Balaban J connectivity index is 1.97. The average Bonchev–Trinajstić information content (AvgIpc) is 2.54. The lowest BCUT2D eigenvalue weighted by molar-refractivity contribution is -0.115. The molecule has 122 valence electrons. The Hall–Kier alpha value is -2.49. The number of hydrogen-bond acceptors (Lipinski definition) is 3. The van der Waals surface area contributed by atoms with Gasteiger partial charge in [-0.25, -0.2) is 0 Å². The summed E-state index contributed by atoms with van der Waals surface area (Å²) in [7, 11) is 0. The number of nitrogens with zero attached hydrogens (tertiary/aromatic N) is 1. The maximum atomic E-state index is 12.3. The van der Waals surface area contributed by atoms with E-state index in [1.807, 2.05) is 50.2 Å². The third-order valence-electron chi connectivity index (χ3n) is 3.53. The summed E-state index contributed by atoms with van der Waals surface area (Å²) in [5.74, 6) is 0.776. The highest BCUT2D eigenvalue weighted by Gasteiger charge is 2.10. The lowest BCUT2D eigenvalue weighted by Crippen LogP contribution is -2.33. The average molecular weight is 312 g/mol. The number of carbonyl (C=O) groups is 1. The van der Waals surface area contributed by atoms with Crippen LogP contribution >= 0.6 is 0 Å². The summed E-state index contributed by atoms with van der Waals surface area (Å²) < 4.78 is 5.40. The number of likely N-dealkylation sites (N-methyl/N-ethyl adjacent to an activating group) is 1. The number of anilines is 2. The van der Waals surface area contributed by atoms with E-state index in [-0.39, 0.29) is 5.91 Å². The summed E-state index contributed by atoms with van der Waals surface area (Å²) in [6, 6.07) is 15.6. The molecule has 4 heteroatoms. The van der Waals surface area contributed by atoms with Gasteiger partial charge in [-0.05, 0) is 62.7 Å². The molecule has 2 rings (SSSR count). The van der Waals surface area contributed by atoms with Gasteiger partial charge in [0.15, 0.2) is 0 Å². The molecule has 2 aromatic carbocycles. The Morgan fingerprint density at radius 2 is 1.87 bits per heavy atom. The second kappa shape index (κ2) is 8.22. The van der Waals surface area contributed by atoms with Gasteiger partial charge >= 0.3 is 0 Å². The van der Waals surface area contributed by atoms with E-state index in [9.17, 15) is 4.79 Å². The van der Waals surface area contributed by atoms with Crippen LogP contribution in [-0.2, 0) is 4.79 Å². The molecule has 4 nitrogen and oxygen atoms in total. The minimum atomic E-state index is -0.0301. The summed E-state index contributed by atoms with van der Waals surface area (Å²) >= 11 is 0. The summed E-state index contributed by atoms with van der Waals surface area (Å²) in [5, 5.41) is 2.92. The molecule has 23 heavy (non-hydrogen) atoms. The first-order valence-corrected chi connectivity index (χ1v) is 7.96. The van der Waals surface area contributed by atoms with Crippen molar-refractivity contribution in [3.05, 3.63) is 54.1 Å². The molecule has 0 heterocycles. The Kier molecular flexibility index (Phi) is 6.03. The van der Waals surface area contributed by atoms with Gasteiger partial charge in [0.05, 0.1) is 13.2 Å². The van der Waals surface area contributed by atoms with Gasteiger partial charge in [-0.2, -0.15) is 0 Å². The van der Waals surface area contributed by atoms with Crippen LogP contribution in [0.5, 0.6) is 5.75 Å². The van der Waals surface area contributed by atoms with Gasteiger partial charge in [0.1, 0.15) is 5.75 Å². The molecule has 0 aromatic heterocycles. The van der Waals surface area contributed by atoms with Crippen LogP contribution in [0.4, 0.5) is 11.4 Å². The second-order valence-electron chi connectivity index (χ2n) is 5.36. The van der Waals surface area contributed by atoms with Crippen molar-refractivity contribution >= 4 is 17.3 Å². The van der Waals surface area contributed by atoms with Crippen LogP contribution in [0, 0.1) is 6.92 Å². The molecule has 2 aromatic rings. The van der Waals surface area contributed by atoms with Crippen LogP contribution in [0.3, 0.4) is 0 Å². The molecular formula is C19H24N2O2. The van der Waals surface area contributed by atoms with Crippen LogP contribution in [0.15, 0.2) is 48.5 Å². The predicted octanol–water partition coefficient (Wildman–Crippen LogP) is 3.86. The summed E-state index contributed by atoms with van der Waals surface area (Å²) in [5.41, 5.74) is 3.03. The number of ether oxygens (including phenoxy) is 1. The van der Waals surface area contributed by atoms with E-state index in [4.69, 9.17) is 4.74 Å². The zero-order valence-electron chi connectivity index (χ0n) is 14.0. The van der Waals surface area contributed by atoms with Crippen LogP contribution < -0.4 is 15.0 Å². The maximum Gasteiger partial charge on any atom is 0.243 e. The topological polar surface area (TPSA) is 41.6 Å². The fourth-order valence-electron chi connectivity index (χ4n) is 2.39. The van der Waals surface area contributed by atoms with Gasteiger partial charge in [-0.1, -0.05) is 12.1 Å². The third-order valence-corrected chi connectivity index (χ3v) is 3.53. The SMILES string of the molecule is CCOc1ccc(NC(=O)CN(CC)c2cccc(C)c2)cc1. The van der Waals surface area contributed by atoms with E-state index in [0.717, 1.165) is 23.7 Å². The first kappa shape index (κ1) is 16.9. The minimum absolute atomic E-state index is 0.0301. The van der Waals surface area contributed by atoms with Crippen molar-refractivity contribution in [1.29, 1.82) is 0 Å². The first-order chi connectivity index (χ1) is 11.1. The van der Waals surface area contributed by atoms with Gasteiger partial charge in [0, 0.05) is 17.9 Å². The number of hydrogen-bond donors (Lipinski definition) is 1. The smallest absolute Gasteiger partial charge is 0.243 e. The van der Waals surface area contributed by atoms with Crippen molar-refractivity contribution in [2.45, 2.75) is 20.8 Å². The van der Waals surface area contributed by atoms with Gasteiger partial charge < -0.3 is 15.0 Å². The zero-order valence-corrected chi connectivity index (χ0v) is 14.0. The molecule has 0 aliphatic carbocycles. The fourth-order valence-corrected chi connectivity index (χ4v) is 2.39. The van der Waals surface area contributed by atoms with Crippen molar-refractivity contribution in [2.75, 3.05) is 29.9 Å². The normalized spacial score (nSPS) is 10.2. The van der Waals surface area contributed by atoms with Crippen molar-refractivity contribution in [1.82, 2.24) is 0 Å². The molecule has 0 aliphatic heterocycles.